The molecule has 0 saturated carbocycles. The molecule has 1 heterocycles. The van der Waals surface area contributed by atoms with Crippen LogP contribution < -0.4 is 4.74 Å². The number of hydrogen-bond donors (Lipinski definition) is 0. The van der Waals surface area contributed by atoms with Crippen LogP contribution in [0, 0.1) is 17.2 Å². The molecule has 1 fully saturated rings. The van der Waals surface area contributed by atoms with Gasteiger partial charge in [0.25, 0.3) is 0 Å². The van der Waals surface area contributed by atoms with Gasteiger partial charge in [0.2, 0.25) is 0 Å². The summed E-state index contributed by atoms with van der Waals surface area (Å²) in [6, 6.07) is 9.37. The van der Waals surface area contributed by atoms with E-state index in [4.69, 9.17) is 14.7 Å². The van der Waals surface area contributed by atoms with Crippen LogP contribution in [-0.4, -0.2) is 44.4 Å². The number of nitrogens with zero attached hydrogens (tertiary/aromatic N) is 2. The van der Waals surface area contributed by atoms with Crippen LogP contribution in [0.4, 0.5) is 0 Å². The molecule has 114 valence electrons. The lowest BCUT2D eigenvalue weighted by Crippen LogP contribution is -2.44. The molecule has 4 heteroatoms. The highest BCUT2D eigenvalue weighted by molar-refractivity contribution is 5.34. The third-order valence-electron chi connectivity index (χ3n) is 4.15. The van der Waals surface area contributed by atoms with E-state index in [0.717, 1.165) is 31.8 Å². The molecule has 0 bridgehead atoms. The minimum atomic E-state index is 0.359. The number of hydrogen-bond acceptors (Lipinski definition) is 4. The Labute approximate surface area is 127 Å². The second-order valence-electron chi connectivity index (χ2n) is 5.68. The molecule has 4 nitrogen and oxygen atoms in total. The lowest BCUT2D eigenvalue weighted by molar-refractivity contribution is -0.00593. The Morgan fingerprint density at radius 3 is 2.76 bits per heavy atom. The summed E-state index contributed by atoms with van der Waals surface area (Å²) in [7, 11) is 1.80. The molecule has 2 rings (SSSR count). The van der Waals surface area contributed by atoms with Gasteiger partial charge in [0.15, 0.2) is 0 Å². The zero-order valence-corrected chi connectivity index (χ0v) is 12.9. The minimum Gasteiger partial charge on any atom is -0.494 e. The summed E-state index contributed by atoms with van der Waals surface area (Å²) in [6.07, 6.45) is 2.57. The van der Waals surface area contributed by atoms with Crippen molar-refractivity contribution in [2.45, 2.75) is 25.9 Å². The SMILES string of the molecule is COC1CN(CCCOc2ccc(C#N)cc2)CCC1C. The lowest BCUT2D eigenvalue weighted by Gasteiger charge is -2.36. The van der Waals surface area contributed by atoms with Crippen molar-refractivity contribution in [2.75, 3.05) is 33.4 Å². The van der Waals surface area contributed by atoms with E-state index < -0.39 is 0 Å². The van der Waals surface area contributed by atoms with Crippen molar-refractivity contribution in [3.05, 3.63) is 29.8 Å². The van der Waals surface area contributed by atoms with Crippen LogP contribution in [0.1, 0.15) is 25.3 Å². The van der Waals surface area contributed by atoms with Gasteiger partial charge >= 0.3 is 0 Å². The molecule has 0 radical (unpaired) electrons. The minimum absolute atomic E-state index is 0.359. The Morgan fingerprint density at radius 2 is 2.10 bits per heavy atom. The topological polar surface area (TPSA) is 45.5 Å². The average molecular weight is 288 g/mol. The van der Waals surface area contributed by atoms with Crippen molar-refractivity contribution in [2.24, 2.45) is 5.92 Å². The van der Waals surface area contributed by atoms with E-state index in [1.54, 1.807) is 19.2 Å². The number of methoxy groups -OCH3 is 1. The average Bonchev–Trinajstić information content (AvgIpc) is 2.53. The quantitative estimate of drug-likeness (QED) is 0.755. The zero-order chi connectivity index (χ0) is 15.1. The molecule has 0 spiro atoms. The van der Waals surface area contributed by atoms with Crippen LogP contribution >= 0.6 is 0 Å². The summed E-state index contributed by atoms with van der Waals surface area (Å²) in [5.41, 5.74) is 0.662. The fourth-order valence-electron chi connectivity index (χ4n) is 2.71. The predicted molar refractivity (Wildman–Crippen MR) is 82.3 cm³/mol. The number of nitriles is 1. The van der Waals surface area contributed by atoms with Crippen molar-refractivity contribution in [3.8, 4) is 11.8 Å². The van der Waals surface area contributed by atoms with Crippen LogP contribution in [0.5, 0.6) is 5.75 Å². The Hall–Kier alpha value is -1.57. The molecule has 1 saturated heterocycles. The van der Waals surface area contributed by atoms with Gasteiger partial charge in [-0.3, -0.25) is 0 Å². The lowest BCUT2D eigenvalue weighted by atomic mass is 9.96. The van der Waals surface area contributed by atoms with E-state index in [1.165, 1.54) is 6.42 Å². The van der Waals surface area contributed by atoms with Crippen LogP contribution in [-0.2, 0) is 4.74 Å². The van der Waals surface area contributed by atoms with E-state index in [-0.39, 0.29) is 0 Å². The van der Waals surface area contributed by atoms with Gasteiger partial charge < -0.3 is 14.4 Å². The van der Waals surface area contributed by atoms with Gasteiger partial charge in [-0.25, -0.2) is 0 Å². The maximum Gasteiger partial charge on any atom is 0.119 e. The molecule has 0 amide bonds. The van der Waals surface area contributed by atoms with Gasteiger partial charge in [-0.2, -0.15) is 5.26 Å². The van der Waals surface area contributed by atoms with Gasteiger partial charge in [0, 0.05) is 20.2 Å². The molecule has 0 aromatic heterocycles. The smallest absolute Gasteiger partial charge is 0.119 e. The molecule has 2 atom stereocenters. The van der Waals surface area contributed by atoms with E-state index in [2.05, 4.69) is 17.9 Å². The van der Waals surface area contributed by atoms with Crippen molar-refractivity contribution in [1.29, 1.82) is 5.26 Å². The zero-order valence-electron chi connectivity index (χ0n) is 12.9. The van der Waals surface area contributed by atoms with Gasteiger partial charge in [0.1, 0.15) is 5.75 Å². The number of ether oxygens (including phenoxy) is 2. The maximum atomic E-state index is 8.74. The highest BCUT2D eigenvalue weighted by atomic mass is 16.5. The molecule has 1 aromatic rings. The largest absolute Gasteiger partial charge is 0.494 e. The van der Waals surface area contributed by atoms with Gasteiger partial charge in [-0.05, 0) is 49.6 Å². The molecular formula is C17H24N2O2. The molecule has 0 aliphatic carbocycles. The number of rotatable bonds is 6. The normalized spacial score (nSPS) is 22.7. The molecule has 0 N–H and O–H groups in total. The van der Waals surface area contributed by atoms with Crippen LogP contribution in [0.25, 0.3) is 0 Å². The highest BCUT2D eigenvalue weighted by Gasteiger charge is 2.25. The van der Waals surface area contributed by atoms with Crippen LogP contribution in [0.15, 0.2) is 24.3 Å². The van der Waals surface area contributed by atoms with Crippen molar-refractivity contribution >= 4 is 0 Å². The van der Waals surface area contributed by atoms with E-state index in [9.17, 15) is 0 Å². The number of benzene rings is 1. The van der Waals surface area contributed by atoms with E-state index >= 15 is 0 Å². The molecular weight excluding hydrogens is 264 g/mol. The number of likely N-dealkylation sites (tertiary alicyclic amines) is 1. The third-order valence-corrected chi connectivity index (χ3v) is 4.15. The fourth-order valence-corrected chi connectivity index (χ4v) is 2.71. The summed E-state index contributed by atoms with van der Waals surface area (Å²) in [5.74, 6) is 1.48. The monoisotopic (exact) mass is 288 g/mol. The Kier molecular flexibility index (Phi) is 6.04. The van der Waals surface area contributed by atoms with Crippen LogP contribution in [0.2, 0.25) is 0 Å². The second kappa shape index (κ2) is 8.02. The maximum absolute atomic E-state index is 8.74. The van der Waals surface area contributed by atoms with E-state index in [0.29, 0.717) is 24.2 Å². The molecule has 1 aliphatic rings. The summed E-state index contributed by atoms with van der Waals surface area (Å²) in [6.45, 7) is 6.18. The van der Waals surface area contributed by atoms with Gasteiger partial charge in [-0.15, -0.1) is 0 Å². The molecule has 2 unspecified atom stereocenters. The van der Waals surface area contributed by atoms with Crippen LogP contribution in [0.3, 0.4) is 0 Å². The molecule has 21 heavy (non-hydrogen) atoms. The standard InChI is InChI=1S/C17H24N2O2/c1-14-8-10-19(13-17(14)20-2)9-3-11-21-16-6-4-15(12-18)5-7-16/h4-7,14,17H,3,8-11,13H2,1-2H3. The highest BCUT2D eigenvalue weighted by Crippen LogP contribution is 2.19. The Bertz CT molecular complexity index is 467. The van der Waals surface area contributed by atoms with Crippen molar-refractivity contribution in [3.63, 3.8) is 0 Å². The first-order chi connectivity index (χ1) is 10.2. The Balaban J connectivity index is 1.66. The third kappa shape index (κ3) is 4.73. The van der Waals surface area contributed by atoms with Crippen molar-refractivity contribution < 1.29 is 9.47 Å². The van der Waals surface area contributed by atoms with Gasteiger partial charge in [0.05, 0.1) is 24.3 Å². The summed E-state index contributed by atoms with van der Waals surface area (Å²) in [5, 5.41) is 8.74. The van der Waals surface area contributed by atoms with Gasteiger partial charge in [-0.1, -0.05) is 6.92 Å². The van der Waals surface area contributed by atoms with Crippen molar-refractivity contribution in [1.82, 2.24) is 4.90 Å². The fraction of sp³-hybridized carbons (Fsp3) is 0.588. The first-order valence-electron chi connectivity index (χ1n) is 7.61. The summed E-state index contributed by atoms with van der Waals surface area (Å²) >= 11 is 0. The van der Waals surface area contributed by atoms with E-state index in [1.807, 2.05) is 12.1 Å². The molecule has 1 aliphatic heterocycles. The first-order valence-corrected chi connectivity index (χ1v) is 7.61. The molecule has 1 aromatic carbocycles. The second-order valence-corrected chi connectivity index (χ2v) is 5.68. The summed E-state index contributed by atoms with van der Waals surface area (Å²) < 4.78 is 11.2. The Morgan fingerprint density at radius 1 is 1.33 bits per heavy atom. The first kappa shape index (κ1) is 15.8. The predicted octanol–water partition coefficient (Wildman–Crippen LogP) is 2.68. The summed E-state index contributed by atoms with van der Waals surface area (Å²) in [4.78, 5) is 2.45. The number of piperidine rings is 1.